The van der Waals surface area contributed by atoms with E-state index in [0.717, 1.165) is 10.5 Å². The summed E-state index contributed by atoms with van der Waals surface area (Å²) < 4.78 is 10.3. The highest BCUT2D eigenvalue weighted by Crippen LogP contribution is 2.33. The predicted molar refractivity (Wildman–Crippen MR) is 133 cm³/mol. The Balaban J connectivity index is 1.68. The number of hydrogen-bond donors (Lipinski definition) is 1. The molecule has 1 aliphatic rings. The van der Waals surface area contributed by atoms with Crippen molar-refractivity contribution in [2.75, 3.05) is 19.0 Å². The number of esters is 1. The Morgan fingerprint density at radius 3 is 2.17 bits per heavy atom. The van der Waals surface area contributed by atoms with E-state index in [1.165, 1.54) is 19.2 Å². The number of carbonyl (C=O) groups is 4. The lowest BCUT2D eigenvalue weighted by molar-refractivity contribution is -0.119. The number of halogens is 1. The van der Waals surface area contributed by atoms with Crippen LogP contribution in [0.1, 0.15) is 43.6 Å². The van der Waals surface area contributed by atoms with Gasteiger partial charge >= 0.3 is 5.97 Å². The maximum atomic E-state index is 13.6. The molecule has 0 radical (unpaired) electrons. The fourth-order valence-corrected chi connectivity index (χ4v) is 4.24. The normalized spacial score (nSPS) is 13.2. The Morgan fingerprint density at radius 1 is 0.972 bits per heavy atom. The van der Waals surface area contributed by atoms with Gasteiger partial charge in [0, 0.05) is 12.5 Å². The number of amides is 3. The molecule has 4 rings (SSSR count). The molecule has 36 heavy (non-hydrogen) atoms. The maximum absolute atomic E-state index is 13.6. The Hall–Kier alpha value is -4.17. The first-order valence-electron chi connectivity index (χ1n) is 11.2. The average Bonchev–Trinajstić information content (AvgIpc) is 3.14. The van der Waals surface area contributed by atoms with Crippen LogP contribution < -0.4 is 10.1 Å². The standard InChI is InChI=1S/C27H23ClN2O6/c1-3-36-27(34)19-14-20(28)21(15-23(19)35-2)29-24(31)22(13-16-9-5-4-6-10-16)30-25(32)17-11-7-8-12-18(17)26(30)33/h4-12,14-15,22H,3,13H2,1-2H3,(H,29,31). The summed E-state index contributed by atoms with van der Waals surface area (Å²) in [7, 11) is 1.37. The van der Waals surface area contributed by atoms with E-state index in [1.807, 2.05) is 30.3 Å². The summed E-state index contributed by atoms with van der Waals surface area (Å²) in [4.78, 5) is 53.1. The lowest BCUT2D eigenvalue weighted by Crippen LogP contribution is -2.48. The van der Waals surface area contributed by atoms with Gasteiger partial charge in [0.15, 0.2) is 0 Å². The minimum atomic E-state index is -1.16. The van der Waals surface area contributed by atoms with Crippen molar-refractivity contribution < 1.29 is 28.7 Å². The minimum Gasteiger partial charge on any atom is -0.496 e. The van der Waals surface area contributed by atoms with E-state index in [9.17, 15) is 19.2 Å². The van der Waals surface area contributed by atoms with Crippen molar-refractivity contribution in [3.05, 3.63) is 94.0 Å². The van der Waals surface area contributed by atoms with Crippen LogP contribution in [0.15, 0.2) is 66.7 Å². The number of benzene rings is 3. The molecular weight excluding hydrogens is 484 g/mol. The van der Waals surface area contributed by atoms with Crippen molar-refractivity contribution in [1.82, 2.24) is 4.90 Å². The molecular formula is C27H23ClN2O6. The molecule has 3 aromatic carbocycles. The Labute approximate surface area is 212 Å². The van der Waals surface area contributed by atoms with Crippen LogP contribution in [-0.4, -0.2) is 48.3 Å². The molecule has 0 saturated heterocycles. The number of nitrogens with zero attached hydrogens (tertiary/aromatic N) is 1. The summed E-state index contributed by atoms with van der Waals surface area (Å²) in [6.07, 6.45) is 0.0911. The van der Waals surface area contributed by atoms with Gasteiger partial charge in [-0.1, -0.05) is 54.1 Å². The van der Waals surface area contributed by atoms with Gasteiger partial charge < -0.3 is 14.8 Å². The van der Waals surface area contributed by atoms with Gasteiger partial charge in [-0.3, -0.25) is 19.3 Å². The Morgan fingerprint density at radius 2 is 1.58 bits per heavy atom. The van der Waals surface area contributed by atoms with E-state index >= 15 is 0 Å². The molecule has 1 atom stereocenters. The van der Waals surface area contributed by atoms with E-state index in [2.05, 4.69) is 5.32 Å². The molecule has 1 heterocycles. The van der Waals surface area contributed by atoms with Crippen molar-refractivity contribution in [2.45, 2.75) is 19.4 Å². The zero-order chi connectivity index (χ0) is 25.8. The second-order valence-corrected chi connectivity index (χ2v) is 8.38. The first kappa shape index (κ1) is 24.9. The van der Waals surface area contributed by atoms with Crippen molar-refractivity contribution >= 4 is 41.0 Å². The third kappa shape index (κ3) is 4.81. The van der Waals surface area contributed by atoms with E-state index in [1.54, 1.807) is 31.2 Å². The highest BCUT2D eigenvalue weighted by Gasteiger charge is 2.42. The first-order chi connectivity index (χ1) is 17.3. The number of anilines is 1. The van der Waals surface area contributed by atoms with Crippen LogP contribution in [-0.2, 0) is 16.0 Å². The molecule has 3 amide bonds. The number of ether oxygens (including phenoxy) is 2. The summed E-state index contributed by atoms with van der Waals surface area (Å²) >= 11 is 6.38. The fraction of sp³-hybridized carbons (Fsp3) is 0.185. The molecule has 0 aliphatic carbocycles. The molecule has 1 unspecified atom stereocenters. The summed E-state index contributed by atoms with van der Waals surface area (Å²) in [5.74, 6) is -2.20. The molecule has 9 heteroatoms. The van der Waals surface area contributed by atoms with Gasteiger partial charge in [0.05, 0.1) is 35.6 Å². The molecule has 1 aliphatic heterocycles. The van der Waals surface area contributed by atoms with Crippen LogP contribution >= 0.6 is 11.6 Å². The molecule has 0 saturated carbocycles. The van der Waals surface area contributed by atoms with E-state index in [4.69, 9.17) is 21.1 Å². The van der Waals surface area contributed by atoms with E-state index < -0.39 is 29.7 Å². The van der Waals surface area contributed by atoms with Crippen molar-refractivity contribution in [2.24, 2.45) is 0 Å². The van der Waals surface area contributed by atoms with Gasteiger partial charge in [-0.2, -0.15) is 0 Å². The van der Waals surface area contributed by atoms with E-state index in [-0.39, 0.29) is 46.2 Å². The van der Waals surface area contributed by atoms with Gasteiger partial charge in [0.25, 0.3) is 11.8 Å². The highest BCUT2D eigenvalue weighted by molar-refractivity contribution is 6.34. The zero-order valence-corrected chi connectivity index (χ0v) is 20.4. The number of carbonyl (C=O) groups excluding carboxylic acids is 4. The largest absolute Gasteiger partial charge is 0.496 e. The summed E-state index contributed by atoms with van der Waals surface area (Å²) in [5.41, 5.74) is 1.50. The minimum absolute atomic E-state index is 0.0630. The smallest absolute Gasteiger partial charge is 0.341 e. The Kier molecular flexibility index (Phi) is 7.36. The zero-order valence-electron chi connectivity index (χ0n) is 19.6. The molecule has 184 valence electrons. The van der Waals surface area contributed by atoms with E-state index in [0.29, 0.717) is 0 Å². The van der Waals surface area contributed by atoms with Crippen LogP contribution in [0, 0.1) is 0 Å². The van der Waals surface area contributed by atoms with Crippen molar-refractivity contribution in [3.63, 3.8) is 0 Å². The van der Waals surface area contributed by atoms with Crippen LogP contribution in [0.2, 0.25) is 5.02 Å². The van der Waals surface area contributed by atoms with Gasteiger partial charge in [-0.15, -0.1) is 0 Å². The monoisotopic (exact) mass is 506 g/mol. The number of methoxy groups -OCH3 is 1. The quantitative estimate of drug-likeness (QED) is 0.359. The van der Waals surface area contributed by atoms with Crippen LogP contribution in [0.4, 0.5) is 5.69 Å². The van der Waals surface area contributed by atoms with Gasteiger partial charge in [-0.25, -0.2) is 4.79 Å². The first-order valence-corrected chi connectivity index (χ1v) is 11.6. The summed E-state index contributed by atoms with van der Waals surface area (Å²) in [6.45, 7) is 1.84. The van der Waals surface area contributed by atoms with Crippen molar-refractivity contribution in [1.29, 1.82) is 0 Å². The molecule has 0 spiro atoms. The molecule has 0 aromatic heterocycles. The molecule has 3 aromatic rings. The third-order valence-electron chi connectivity index (χ3n) is 5.75. The summed E-state index contributed by atoms with van der Waals surface area (Å²) in [5, 5.41) is 2.76. The highest BCUT2D eigenvalue weighted by atomic mass is 35.5. The number of fused-ring (bicyclic) bond motifs is 1. The topological polar surface area (TPSA) is 102 Å². The maximum Gasteiger partial charge on any atom is 0.341 e. The van der Waals surface area contributed by atoms with Crippen LogP contribution in [0.5, 0.6) is 5.75 Å². The van der Waals surface area contributed by atoms with Gasteiger partial charge in [0.2, 0.25) is 5.91 Å². The third-order valence-corrected chi connectivity index (χ3v) is 6.07. The second kappa shape index (κ2) is 10.6. The van der Waals surface area contributed by atoms with Gasteiger partial charge in [-0.05, 0) is 30.7 Å². The molecule has 0 fully saturated rings. The summed E-state index contributed by atoms with van der Waals surface area (Å²) in [6, 6.07) is 17.1. The SMILES string of the molecule is CCOC(=O)c1cc(Cl)c(NC(=O)C(Cc2ccccc2)N2C(=O)c3ccccc3C2=O)cc1OC. The second-order valence-electron chi connectivity index (χ2n) is 7.97. The van der Waals surface area contributed by atoms with Crippen LogP contribution in [0.3, 0.4) is 0 Å². The number of hydrogen-bond acceptors (Lipinski definition) is 6. The molecule has 8 nitrogen and oxygen atoms in total. The van der Waals surface area contributed by atoms with Crippen molar-refractivity contribution in [3.8, 4) is 5.75 Å². The molecule has 0 bridgehead atoms. The number of nitrogens with one attached hydrogen (secondary N) is 1. The van der Waals surface area contributed by atoms with Crippen LogP contribution in [0.25, 0.3) is 0 Å². The number of imide groups is 1. The Bertz CT molecular complexity index is 1310. The lowest BCUT2D eigenvalue weighted by atomic mass is 10.0. The molecule has 1 N–H and O–H groups in total. The number of rotatable bonds is 8. The predicted octanol–water partition coefficient (Wildman–Crippen LogP) is 4.37. The average molecular weight is 507 g/mol. The van der Waals surface area contributed by atoms with Gasteiger partial charge in [0.1, 0.15) is 17.4 Å². The lowest BCUT2D eigenvalue weighted by Gasteiger charge is -2.26. The fourth-order valence-electron chi connectivity index (χ4n) is 4.03.